The van der Waals surface area contributed by atoms with Gasteiger partial charge in [0.15, 0.2) is 0 Å². The van der Waals surface area contributed by atoms with Gasteiger partial charge in [0.25, 0.3) is 0 Å². The number of likely N-dealkylation sites (tertiary alicyclic amines) is 1. The van der Waals surface area contributed by atoms with Crippen LogP contribution in [0.25, 0.3) is 0 Å². The van der Waals surface area contributed by atoms with Crippen LogP contribution in [0.2, 0.25) is 0 Å². The lowest BCUT2D eigenvalue weighted by molar-refractivity contribution is -0.122. The summed E-state index contributed by atoms with van der Waals surface area (Å²) in [5.74, 6) is 0.587. The zero-order valence-electron chi connectivity index (χ0n) is 9.64. The monoisotopic (exact) mass is 227 g/mol. The summed E-state index contributed by atoms with van der Waals surface area (Å²) in [6.07, 6.45) is 4.27. The maximum Gasteiger partial charge on any atom is 0.137 e. The summed E-state index contributed by atoms with van der Waals surface area (Å²) in [6, 6.07) is 0.316. The fourth-order valence-electron chi connectivity index (χ4n) is 3.11. The molecule has 0 amide bonds. The van der Waals surface area contributed by atoms with Gasteiger partial charge in [0.1, 0.15) is 5.78 Å². The van der Waals surface area contributed by atoms with Crippen molar-refractivity contribution in [1.29, 1.82) is 0 Å². The molecule has 2 rings (SSSR count). The standard InChI is InChI=1S/C12H21NO3/c14-8-9(15)7-13-6-2-4-11(13)10-3-1-5-12(10)16/h9-11,14-15H,1-8H2. The highest BCUT2D eigenvalue weighted by atomic mass is 16.3. The molecular formula is C12H21NO3. The maximum absolute atomic E-state index is 11.7. The van der Waals surface area contributed by atoms with Crippen molar-refractivity contribution < 1.29 is 15.0 Å². The largest absolute Gasteiger partial charge is 0.394 e. The number of ketones is 1. The van der Waals surface area contributed by atoms with Gasteiger partial charge >= 0.3 is 0 Å². The van der Waals surface area contributed by atoms with Crippen LogP contribution >= 0.6 is 0 Å². The highest BCUT2D eigenvalue weighted by molar-refractivity contribution is 5.83. The highest BCUT2D eigenvalue weighted by Gasteiger charge is 2.38. The number of carbonyl (C=O) groups excluding carboxylic acids is 1. The number of carbonyl (C=O) groups is 1. The number of aliphatic hydroxyl groups is 2. The molecule has 2 aliphatic rings. The van der Waals surface area contributed by atoms with Crippen molar-refractivity contribution >= 4 is 5.78 Å². The second-order valence-electron chi connectivity index (χ2n) is 5.01. The third-order valence-corrected chi connectivity index (χ3v) is 3.89. The third-order valence-electron chi connectivity index (χ3n) is 3.89. The minimum atomic E-state index is -0.669. The average molecular weight is 227 g/mol. The van der Waals surface area contributed by atoms with Gasteiger partial charge in [-0.05, 0) is 32.2 Å². The predicted octanol–water partition coefficient (Wildman–Crippen LogP) is 0.173. The van der Waals surface area contributed by atoms with E-state index in [2.05, 4.69) is 4.90 Å². The van der Waals surface area contributed by atoms with E-state index in [1.807, 2.05) is 0 Å². The molecule has 0 radical (unpaired) electrons. The zero-order valence-corrected chi connectivity index (χ0v) is 9.64. The van der Waals surface area contributed by atoms with E-state index in [0.717, 1.165) is 38.6 Å². The van der Waals surface area contributed by atoms with Gasteiger partial charge in [-0.25, -0.2) is 0 Å². The third kappa shape index (κ3) is 2.44. The SMILES string of the molecule is O=C1CCCC1C1CCCN1CC(O)CO. The molecule has 1 aliphatic heterocycles. The van der Waals surface area contributed by atoms with Crippen LogP contribution in [0, 0.1) is 5.92 Å². The first-order valence-electron chi connectivity index (χ1n) is 6.28. The summed E-state index contributed by atoms with van der Waals surface area (Å²) in [4.78, 5) is 13.9. The Kier molecular flexibility index (Phi) is 3.95. The number of Topliss-reactive ketones (excluding diaryl/α,β-unsaturated/α-hetero) is 1. The number of nitrogens with zero attached hydrogens (tertiary/aromatic N) is 1. The van der Waals surface area contributed by atoms with Crippen LogP contribution in [0.4, 0.5) is 0 Å². The molecule has 0 aromatic carbocycles. The molecular weight excluding hydrogens is 206 g/mol. The Labute approximate surface area is 96.3 Å². The van der Waals surface area contributed by atoms with Crippen molar-refractivity contribution in [2.75, 3.05) is 19.7 Å². The number of hydrogen-bond acceptors (Lipinski definition) is 4. The molecule has 0 bridgehead atoms. The second kappa shape index (κ2) is 5.25. The fourth-order valence-corrected chi connectivity index (χ4v) is 3.11. The first kappa shape index (κ1) is 12.0. The normalized spacial score (nSPS) is 33.5. The molecule has 16 heavy (non-hydrogen) atoms. The summed E-state index contributed by atoms with van der Waals surface area (Å²) in [5, 5.41) is 18.3. The molecule has 1 heterocycles. The van der Waals surface area contributed by atoms with E-state index in [9.17, 15) is 9.90 Å². The van der Waals surface area contributed by atoms with Gasteiger partial charge in [-0.3, -0.25) is 9.69 Å². The molecule has 4 heteroatoms. The van der Waals surface area contributed by atoms with Gasteiger partial charge in [0, 0.05) is 24.9 Å². The van der Waals surface area contributed by atoms with Crippen molar-refractivity contribution in [3.8, 4) is 0 Å². The second-order valence-corrected chi connectivity index (χ2v) is 5.01. The van der Waals surface area contributed by atoms with Crippen molar-refractivity contribution in [3.63, 3.8) is 0 Å². The van der Waals surface area contributed by atoms with E-state index in [-0.39, 0.29) is 12.5 Å². The molecule has 4 nitrogen and oxygen atoms in total. The number of hydrogen-bond donors (Lipinski definition) is 2. The topological polar surface area (TPSA) is 60.8 Å². The van der Waals surface area contributed by atoms with E-state index < -0.39 is 6.10 Å². The lowest BCUT2D eigenvalue weighted by Gasteiger charge is -2.29. The zero-order chi connectivity index (χ0) is 11.5. The molecule has 0 aromatic heterocycles. The molecule has 3 unspecified atom stereocenters. The van der Waals surface area contributed by atoms with Crippen LogP contribution in [0.15, 0.2) is 0 Å². The van der Waals surface area contributed by atoms with Gasteiger partial charge in [0.05, 0.1) is 12.7 Å². The van der Waals surface area contributed by atoms with Crippen molar-refractivity contribution in [1.82, 2.24) is 4.90 Å². The summed E-state index contributed by atoms with van der Waals surface area (Å²) >= 11 is 0. The summed E-state index contributed by atoms with van der Waals surface area (Å²) in [6.45, 7) is 1.26. The van der Waals surface area contributed by atoms with Crippen LogP contribution in [0.3, 0.4) is 0 Å². The van der Waals surface area contributed by atoms with E-state index in [4.69, 9.17) is 5.11 Å². The first-order chi connectivity index (χ1) is 7.72. The van der Waals surface area contributed by atoms with Crippen LogP contribution in [-0.2, 0) is 4.79 Å². The molecule has 1 aliphatic carbocycles. The van der Waals surface area contributed by atoms with Crippen LogP contribution in [0.5, 0.6) is 0 Å². The number of aliphatic hydroxyl groups excluding tert-OH is 2. The van der Waals surface area contributed by atoms with E-state index in [1.54, 1.807) is 0 Å². The fraction of sp³-hybridized carbons (Fsp3) is 0.917. The molecule has 0 spiro atoms. The van der Waals surface area contributed by atoms with Crippen molar-refractivity contribution in [2.24, 2.45) is 5.92 Å². The Bertz CT molecular complexity index is 257. The van der Waals surface area contributed by atoms with Gasteiger partial charge in [-0.1, -0.05) is 0 Å². The quantitative estimate of drug-likeness (QED) is 0.719. The van der Waals surface area contributed by atoms with Crippen LogP contribution in [-0.4, -0.2) is 52.7 Å². The van der Waals surface area contributed by atoms with E-state index in [1.165, 1.54) is 0 Å². The smallest absolute Gasteiger partial charge is 0.137 e. The molecule has 1 saturated carbocycles. The summed E-state index contributed by atoms with van der Waals surface area (Å²) in [5.41, 5.74) is 0. The minimum absolute atomic E-state index is 0.188. The highest BCUT2D eigenvalue weighted by Crippen LogP contribution is 2.33. The van der Waals surface area contributed by atoms with Gasteiger partial charge in [-0.2, -0.15) is 0 Å². The maximum atomic E-state index is 11.7. The Balaban J connectivity index is 1.94. The Morgan fingerprint density at radius 2 is 2.19 bits per heavy atom. The molecule has 92 valence electrons. The lowest BCUT2D eigenvalue weighted by Crippen LogP contribution is -2.42. The van der Waals surface area contributed by atoms with Gasteiger partial charge < -0.3 is 10.2 Å². The molecule has 0 aromatic rings. The first-order valence-corrected chi connectivity index (χ1v) is 6.28. The van der Waals surface area contributed by atoms with Gasteiger partial charge in [0.2, 0.25) is 0 Å². The minimum Gasteiger partial charge on any atom is -0.394 e. The number of rotatable bonds is 4. The predicted molar refractivity (Wildman–Crippen MR) is 60.0 cm³/mol. The summed E-state index contributed by atoms with van der Waals surface area (Å²) < 4.78 is 0. The Morgan fingerprint density at radius 3 is 2.81 bits per heavy atom. The molecule has 2 fully saturated rings. The van der Waals surface area contributed by atoms with Gasteiger partial charge in [-0.15, -0.1) is 0 Å². The average Bonchev–Trinajstić information content (AvgIpc) is 2.86. The molecule has 3 atom stereocenters. The number of β-amino-alcohol motifs (C(OH)–C–C–N with tert-alkyl or cyclic N) is 1. The molecule has 2 N–H and O–H groups in total. The van der Waals surface area contributed by atoms with Crippen LogP contribution in [0.1, 0.15) is 32.1 Å². The summed E-state index contributed by atoms with van der Waals surface area (Å²) in [7, 11) is 0. The Morgan fingerprint density at radius 1 is 1.38 bits per heavy atom. The Hall–Kier alpha value is -0.450. The molecule has 1 saturated heterocycles. The van der Waals surface area contributed by atoms with E-state index >= 15 is 0 Å². The van der Waals surface area contributed by atoms with Crippen molar-refractivity contribution in [2.45, 2.75) is 44.2 Å². The van der Waals surface area contributed by atoms with Crippen molar-refractivity contribution in [3.05, 3.63) is 0 Å². The van der Waals surface area contributed by atoms with Crippen LogP contribution < -0.4 is 0 Å². The van der Waals surface area contributed by atoms with E-state index in [0.29, 0.717) is 18.4 Å². The lowest BCUT2D eigenvalue weighted by atomic mass is 9.95.